The van der Waals surface area contributed by atoms with Gasteiger partial charge in [-0.15, -0.1) is 11.6 Å². The molecule has 0 spiro atoms. The van der Waals surface area contributed by atoms with Gasteiger partial charge in [0.15, 0.2) is 0 Å². The normalized spacial score (nSPS) is 10.9. The lowest BCUT2D eigenvalue weighted by Crippen LogP contribution is -1.94. The average molecular weight is 393 g/mol. The van der Waals surface area contributed by atoms with Crippen LogP contribution in [0, 0.1) is 5.82 Å². The van der Waals surface area contributed by atoms with E-state index >= 15 is 0 Å². The average Bonchev–Trinajstić information content (AvgIpc) is 2.45. The highest BCUT2D eigenvalue weighted by Gasteiger charge is 2.23. The van der Waals surface area contributed by atoms with Crippen molar-refractivity contribution < 1.29 is 4.39 Å². The number of benzene rings is 2. The van der Waals surface area contributed by atoms with Crippen molar-refractivity contribution in [2.75, 3.05) is 0 Å². The predicted octanol–water partition coefficient (Wildman–Crippen LogP) is 7.50. The summed E-state index contributed by atoms with van der Waals surface area (Å²) in [6.45, 7) is 0. The van der Waals surface area contributed by atoms with Crippen molar-refractivity contribution in [2.45, 2.75) is 5.88 Å². The van der Waals surface area contributed by atoms with Gasteiger partial charge in [0.1, 0.15) is 5.82 Å². The first-order chi connectivity index (χ1) is 9.40. The summed E-state index contributed by atoms with van der Waals surface area (Å²) in [6, 6.07) is 4.71. The molecule has 0 amide bonds. The molecular formula is C13H5Cl6F. The van der Waals surface area contributed by atoms with Crippen LogP contribution < -0.4 is 0 Å². The van der Waals surface area contributed by atoms with Crippen LogP contribution in [0.15, 0.2) is 18.2 Å². The molecule has 0 nitrogen and oxygen atoms in total. The van der Waals surface area contributed by atoms with Crippen molar-refractivity contribution in [3.05, 3.63) is 54.7 Å². The molecular weight excluding hydrogens is 388 g/mol. The molecule has 0 atom stereocenters. The molecule has 0 saturated carbocycles. The minimum Gasteiger partial charge on any atom is -0.206 e. The van der Waals surface area contributed by atoms with Crippen molar-refractivity contribution in [3.8, 4) is 11.1 Å². The Hall–Kier alpha value is 0.110. The molecule has 2 rings (SSSR count). The lowest BCUT2D eigenvalue weighted by atomic mass is 10.0. The van der Waals surface area contributed by atoms with Crippen LogP contribution in [0.5, 0.6) is 0 Å². The Labute approximate surface area is 145 Å². The van der Waals surface area contributed by atoms with Gasteiger partial charge in [0.25, 0.3) is 0 Å². The summed E-state index contributed by atoms with van der Waals surface area (Å²) in [5, 5.41) is 0.149. The maximum Gasteiger partial charge on any atom is 0.135 e. The second-order valence-electron chi connectivity index (χ2n) is 3.86. The highest BCUT2D eigenvalue weighted by molar-refractivity contribution is 6.56. The molecule has 2 aromatic rings. The fourth-order valence-corrected chi connectivity index (χ4v) is 3.27. The summed E-state index contributed by atoms with van der Waals surface area (Å²) in [5.74, 6) is -0.509. The number of halogens is 7. The second kappa shape index (κ2) is 6.48. The van der Waals surface area contributed by atoms with Gasteiger partial charge >= 0.3 is 0 Å². The van der Waals surface area contributed by atoms with Gasteiger partial charge < -0.3 is 0 Å². The predicted molar refractivity (Wildman–Crippen MR) is 86.4 cm³/mol. The standard InChI is InChI=1S/C13H5Cl6F/c14-4-5-2-1-3-6(13(5)20)7-8(15)10(17)12(19)11(18)9(7)16/h1-3H,4H2. The Balaban J connectivity index is 2.84. The third-order valence-corrected chi connectivity index (χ3v) is 5.27. The minimum atomic E-state index is -0.527. The monoisotopic (exact) mass is 390 g/mol. The SMILES string of the molecule is Fc1c(CCl)cccc1-c1c(Cl)c(Cl)c(Cl)c(Cl)c1Cl. The summed E-state index contributed by atoms with van der Waals surface area (Å²) in [4.78, 5) is 0. The van der Waals surface area contributed by atoms with E-state index in [2.05, 4.69) is 0 Å². The Morgan fingerprint density at radius 2 is 1.30 bits per heavy atom. The summed E-state index contributed by atoms with van der Waals surface area (Å²) < 4.78 is 14.4. The van der Waals surface area contributed by atoms with Gasteiger partial charge in [0.2, 0.25) is 0 Å². The number of rotatable bonds is 2. The first kappa shape index (κ1) is 16.5. The molecule has 0 heterocycles. The van der Waals surface area contributed by atoms with Crippen molar-refractivity contribution in [1.82, 2.24) is 0 Å². The number of hydrogen-bond acceptors (Lipinski definition) is 0. The molecule has 0 aliphatic carbocycles. The van der Waals surface area contributed by atoms with E-state index in [0.717, 1.165) is 0 Å². The van der Waals surface area contributed by atoms with E-state index in [-0.39, 0.29) is 42.1 Å². The van der Waals surface area contributed by atoms with Gasteiger partial charge in [-0.2, -0.15) is 0 Å². The third kappa shape index (κ3) is 2.72. The summed E-state index contributed by atoms with van der Waals surface area (Å²) in [7, 11) is 0. The largest absolute Gasteiger partial charge is 0.206 e. The Bertz CT molecular complexity index is 654. The lowest BCUT2D eigenvalue weighted by molar-refractivity contribution is 0.620. The molecule has 0 bridgehead atoms. The van der Waals surface area contributed by atoms with Gasteiger partial charge in [-0.05, 0) is 0 Å². The molecule has 7 heteroatoms. The van der Waals surface area contributed by atoms with Crippen molar-refractivity contribution in [1.29, 1.82) is 0 Å². The zero-order valence-corrected chi connectivity index (χ0v) is 14.1. The highest BCUT2D eigenvalue weighted by Crippen LogP contribution is 2.48. The van der Waals surface area contributed by atoms with Gasteiger partial charge in [0, 0.05) is 16.7 Å². The van der Waals surface area contributed by atoms with Crippen LogP contribution in [0.1, 0.15) is 5.56 Å². The topological polar surface area (TPSA) is 0 Å². The zero-order chi connectivity index (χ0) is 15.0. The molecule has 0 N–H and O–H groups in total. The lowest BCUT2D eigenvalue weighted by Gasteiger charge is -2.14. The molecule has 0 aliphatic heterocycles. The van der Waals surface area contributed by atoms with E-state index in [4.69, 9.17) is 69.6 Å². The van der Waals surface area contributed by atoms with Crippen molar-refractivity contribution in [2.24, 2.45) is 0 Å². The Kier molecular flexibility index (Phi) is 5.34. The fourth-order valence-electron chi connectivity index (χ4n) is 1.72. The maximum atomic E-state index is 14.4. The molecule has 0 aromatic heterocycles. The summed E-state index contributed by atoms with van der Waals surface area (Å²) in [6.07, 6.45) is 0. The van der Waals surface area contributed by atoms with E-state index in [1.165, 1.54) is 6.07 Å². The van der Waals surface area contributed by atoms with E-state index in [1.54, 1.807) is 12.1 Å². The zero-order valence-electron chi connectivity index (χ0n) is 9.58. The molecule has 0 unspecified atom stereocenters. The molecule has 0 saturated heterocycles. The van der Waals surface area contributed by atoms with E-state index in [1.807, 2.05) is 0 Å². The Morgan fingerprint density at radius 3 is 1.80 bits per heavy atom. The number of hydrogen-bond donors (Lipinski definition) is 0. The van der Waals surface area contributed by atoms with Crippen molar-refractivity contribution >= 4 is 69.6 Å². The van der Waals surface area contributed by atoms with Gasteiger partial charge in [-0.1, -0.05) is 76.2 Å². The molecule has 2 aromatic carbocycles. The van der Waals surface area contributed by atoms with Gasteiger partial charge in [-0.3, -0.25) is 0 Å². The first-order valence-corrected chi connectivity index (χ1v) is 7.67. The molecule has 0 aliphatic rings. The number of alkyl halides is 1. The van der Waals surface area contributed by atoms with Crippen LogP contribution >= 0.6 is 69.6 Å². The van der Waals surface area contributed by atoms with Crippen LogP contribution in [0.3, 0.4) is 0 Å². The smallest absolute Gasteiger partial charge is 0.135 e. The summed E-state index contributed by atoms with van der Waals surface area (Å²) >= 11 is 35.8. The molecule has 20 heavy (non-hydrogen) atoms. The fraction of sp³-hybridized carbons (Fsp3) is 0.0769. The Morgan fingerprint density at radius 1 is 0.800 bits per heavy atom. The highest BCUT2D eigenvalue weighted by atomic mass is 35.5. The third-order valence-electron chi connectivity index (χ3n) is 2.70. The van der Waals surface area contributed by atoms with E-state index in [0.29, 0.717) is 5.56 Å². The van der Waals surface area contributed by atoms with Crippen LogP contribution in [0.4, 0.5) is 4.39 Å². The van der Waals surface area contributed by atoms with Crippen LogP contribution in [0.2, 0.25) is 25.1 Å². The van der Waals surface area contributed by atoms with Crippen molar-refractivity contribution in [3.63, 3.8) is 0 Å². The summed E-state index contributed by atoms with van der Waals surface area (Å²) in [5.41, 5.74) is 0.675. The molecule has 106 valence electrons. The molecule has 0 radical (unpaired) electrons. The van der Waals surface area contributed by atoms with Crippen LogP contribution in [-0.4, -0.2) is 0 Å². The van der Waals surface area contributed by atoms with Gasteiger partial charge in [-0.25, -0.2) is 4.39 Å². The molecule has 0 fully saturated rings. The van der Waals surface area contributed by atoms with E-state index in [9.17, 15) is 4.39 Å². The van der Waals surface area contributed by atoms with E-state index < -0.39 is 5.82 Å². The minimum absolute atomic E-state index is 0.0178. The first-order valence-electron chi connectivity index (χ1n) is 5.25. The second-order valence-corrected chi connectivity index (χ2v) is 6.01. The quantitative estimate of drug-likeness (QED) is 0.282. The van der Waals surface area contributed by atoms with Gasteiger partial charge in [0.05, 0.1) is 31.0 Å². The van der Waals surface area contributed by atoms with Crippen LogP contribution in [-0.2, 0) is 5.88 Å². The van der Waals surface area contributed by atoms with Crippen LogP contribution in [0.25, 0.3) is 11.1 Å². The maximum absolute atomic E-state index is 14.4.